The Kier molecular flexibility index (Phi) is 6.48. The molecular formula is C23H32N4O3. The number of carbonyl (C=O) groups is 3. The molecule has 3 rings (SSSR count). The third-order valence-electron chi connectivity index (χ3n) is 5.62. The summed E-state index contributed by atoms with van der Waals surface area (Å²) in [5, 5.41) is 5.95. The summed E-state index contributed by atoms with van der Waals surface area (Å²) in [6.45, 7) is 11.1. The van der Waals surface area contributed by atoms with E-state index in [4.69, 9.17) is 0 Å². The van der Waals surface area contributed by atoms with Gasteiger partial charge in [0.25, 0.3) is 5.91 Å². The van der Waals surface area contributed by atoms with Crippen molar-refractivity contribution in [2.24, 2.45) is 11.8 Å². The summed E-state index contributed by atoms with van der Waals surface area (Å²) in [7, 11) is 0. The van der Waals surface area contributed by atoms with Gasteiger partial charge in [0.15, 0.2) is 0 Å². The molecule has 2 N–H and O–H groups in total. The van der Waals surface area contributed by atoms with Crippen LogP contribution in [0.3, 0.4) is 0 Å². The van der Waals surface area contributed by atoms with Gasteiger partial charge >= 0.3 is 6.03 Å². The van der Waals surface area contributed by atoms with E-state index in [9.17, 15) is 14.4 Å². The van der Waals surface area contributed by atoms with E-state index in [1.165, 1.54) is 0 Å². The normalized spacial score (nSPS) is 20.0. The number of urea groups is 1. The van der Waals surface area contributed by atoms with E-state index in [-0.39, 0.29) is 30.3 Å². The lowest BCUT2D eigenvalue weighted by molar-refractivity contribution is -0.138. The first-order chi connectivity index (χ1) is 14.3. The Labute approximate surface area is 178 Å². The fourth-order valence-corrected chi connectivity index (χ4v) is 4.18. The van der Waals surface area contributed by atoms with Crippen LogP contribution in [-0.4, -0.2) is 53.3 Å². The number of amides is 4. The summed E-state index contributed by atoms with van der Waals surface area (Å²) < 4.78 is 0. The van der Waals surface area contributed by atoms with Crippen LogP contribution in [0.15, 0.2) is 41.6 Å². The molecule has 162 valence electrons. The van der Waals surface area contributed by atoms with Crippen LogP contribution >= 0.6 is 0 Å². The molecule has 0 fully saturated rings. The lowest BCUT2D eigenvalue weighted by Gasteiger charge is -2.33. The molecule has 1 aromatic rings. The molecule has 0 radical (unpaired) electrons. The third kappa shape index (κ3) is 4.06. The summed E-state index contributed by atoms with van der Waals surface area (Å²) in [6.07, 6.45) is 0. The maximum atomic E-state index is 13.6. The van der Waals surface area contributed by atoms with Crippen LogP contribution in [0.1, 0.15) is 46.2 Å². The molecule has 0 spiro atoms. The van der Waals surface area contributed by atoms with E-state index >= 15 is 0 Å². The van der Waals surface area contributed by atoms with Gasteiger partial charge in [0.2, 0.25) is 5.91 Å². The van der Waals surface area contributed by atoms with Gasteiger partial charge in [-0.3, -0.25) is 14.5 Å². The Morgan fingerprint density at radius 3 is 2.40 bits per heavy atom. The van der Waals surface area contributed by atoms with E-state index in [0.29, 0.717) is 30.3 Å². The molecule has 2 atom stereocenters. The minimum absolute atomic E-state index is 0.0589. The monoisotopic (exact) mass is 412 g/mol. The van der Waals surface area contributed by atoms with Crippen LogP contribution in [0.2, 0.25) is 0 Å². The molecule has 1 aromatic carbocycles. The number of hydrogen-bond acceptors (Lipinski definition) is 3. The minimum atomic E-state index is -0.591. The van der Waals surface area contributed by atoms with Crippen molar-refractivity contribution in [2.45, 2.75) is 46.7 Å². The number of rotatable bonds is 7. The van der Waals surface area contributed by atoms with Crippen LogP contribution in [0, 0.1) is 11.8 Å². The standard InChI is InChI=1S/C23H32N4O3/c1-6-26-17-13-27(20(15(4)5)21(28)24-12-14(2)3)22(29)18(17)19(25-23(26)30)16-10-8-7-9-11-16/h7-11,14-15,19-20H,6,12-13H2,1-5H3,(H,24,28)(H,25,30)/t19-,20+/m0/s1. The molecule has 0 saturated carbocycles. The van der Waals surface area contributed by atoms with E-state index in [2.05, 4.69) is 10.6 Å². The van der Waals surface area contributed by atoms with Gasteiger partial charge in [0, 0.05) is 13.1 Å². The molecule has 2 aliphatic rings. The second kappa shape index (κ2) is 8.90. The average molecular weight is 413 g/mol. The zero-order valence-electron chi connectivity index (χ0n) is 18.4. The Hall–Kier alpha value is -2.83. The molecule has 0 unspecified atom stereocenters. The first-order valence-corrected chi connectivity index (χ1v) is 10.7. The molecule has 2 aliphatic heterocycles. The molecular weight excluding hydrogens is 380 g/mol. The second-order valence-corrected chi connectivity index (χ2v) is 8.66. The highest BCUT2D eigenvalue weighted by molar-refractivity contribution is 6.03. The highest BCUT2D eigenvalue weighted by Crippen LogP contribution is 2.37. The SMILES string of the molecule is CCN1C(=O)N[C@@H](c2ccccc2)C2=C1CN([C@@H](C(=O)NCC(C)C)C(C)C)C2=O. The number of nitrogens with zero attached hydrogens (tertiary/aromatic N) is 2. The minimum Gasteiger partial charge on any atom is -0.354 e. The largest absolute Gasteiger partial charge is 0.354 e. The van der Waals surface area contributed by atoms with Gasteiger partial charge in [-0.2, -0.15) is 0 Å². The van der Waals surface area contributed by atoms with Gasteiger partial charge in [-0.05, 0) is 24.3 Å². The fraction of sp³-hybridized carbons (Fsp3) is 0.522. The van der Waals surface area contributed by atoms with Crippen LogP contribution in [0.4, 0.5) is 4.79 Å². The first kappa shape index (κ1) is 21.9. The zero-order chi connectivity index (χ0) is 22.0. The number of nitrogens with one attached hydrogen (secondary N) is 2. The van der Waals surface area contributed by atoms with Gasteiger partial charge < -0.3 is 15.5 Å². The van der Waals surface area contributed by atoms with Gasteiger partial charge in [-0.1, -0.05) is 58.0 Å². The maximum absolute atomic E-state index is 13.6. The van der Waals surface area contributed by atoms with E-state index in [1.54, 1.807) is 9.80 Å². The number of hydrogen-bond donors (Lipinski definition) is 2. The number of benzene rings is 1. The maximum Gasteiger partial charge on any atom is 0.322 e. The van der Waals surface area contributed by atoms with Crippen molar-refractivity contribution in [2.75, 3.05) is 19.6 Å². The molecule has 0 aromatic heterocycles. The molecule has 0 saturated heterocycles. The molecule has 7 nitrogen and oxygen atoms in total. The molecule has 2 heterocycles. The van der Waals surface area contributed by atoms with Gasteiger partial charge in [0.05, 0.1) is 23.9 Å². The second-order valence-electron chi connectivity index (χ2n) is 8.66. The number of likely N-dealkylation sites (N-methyl/N-ethyl adjacent to an activating group) is 1. The quantitative estimate of drug-likeness (QED) is 0.722. The average Bonchev–Trinajstić information content (AvgIpc) is 3.03. The predicted octanol–water partition coefficient (Wildman–Crippen LogP) is 2.67. The molecule has 0 aliphatic carbocycles. The summed E-state index contributed by atoms with van der Waals surface area (Å²) in [6, 6.07) is 8.17. The van der Waals surface area contributed by atoms with Crippen LogP contribution in [0.25, 0.3) is 0 Å². The lowest BCUT2D eigenvalue weighted by Crippen LogP contribution is -2.52. The molecule has 7 heteroatoms. The summed E-state index contributed by atoms with van der Waals surface area (Å²) in [4.78, 5) is 42.6. The highest BCUT2D eigenvalue weighted by atomic mass is 16.2. The summed E-state index contributed by atoms with van der Waals surface area (Å²) in [5.74, 6) is -0.0696. The predicted molar refractivity (Wildman–Crippen MR) is 115 cm³/mol. The highest BCUT2D eigenvalue weighted by Gasteiger charge is 2.47. The fourth-order valence-electron chi connectivity index (χ4n) is 4.18. The van der Waals surface area contributed by atoms with Crippen molar-refractivity contribution >= 4 is 17.8 Å². The van der Waals surface area contributed by atoms with Crippen LogP contribution < -0.4 is 10.6 Å². The van der Waals surface area contributed by atoms with Crippen molar-refractivity contribution < 1.29 is 14.4 Å². The van der Waals surface area contributed by atoms with Crippen LogP contribution in [-0.2, 0) is 9.59 Å². The molecule has 4 amide bonds. The van der Waals surface area contributed by atoms with E-state index < -0.39 is 12.1 Å². The first-order valence-electron chi connectivity index (χ1n) is 10.7. The van der Waals surface area contributed by atoms with Crippen molar-refractivity contribution in [1.29, 1.82) is 0 Å². The van der Waals surface area contributed by atoms with Crippen molar-refractivity contribution in [3.63, 3.8) is 0 Å². The van der Waals surface area contributed by atoms with E-state index in [0.717, 1.165) is 5.56 Å². The van der Waals surface area contributed by atoms with Crippen molar-refractivity contribution in [3.05, 3.63) is 47.2 Å². The van der Waals surface area contributed by atoms with Crippen LogP contribution in [0.5, 0.6) is 0 Å². The smallest absolute Gasteiger partial charge is 0.322 e. The Balaban J connectivity index is 1.96. The summed E-state index contributed by atoms with van der Waals surface area (Å²) >= 11 is 0. The topological polar surface area (TPSA) is 81.8 Å². The molecule has 30 heavy (non-hydrogen) atoms. The summed E-state index contributed by atoms with van der Waals surface area (Å²) in [5.41, 5.74) is 2.11. The van der Waals surface area contributed by atoms with Crippen molar-refractivity contribution in [3.8, 4) is 0 Å². The van der Waals surface area contributed by atoms with Gasteiger partial charge in [0.1, 0.15) is 6.04 Å². The Morgan fingerprint density at radius 1 is 1.17 bits per heavy atom. The Bertz CT molecular complexity index is 847. The number of carbonyl (C=O) groups excluding carboxylic acids is 3. The van der Waals surface area contributed by atoms with E-state index in [1.807, 2.05) is 65.0 Å². The lowest BCUT2D eigenvalue weighted by atomic mass is 9.95. The Morgan fingerprint density at radius 2 is 1.83 bits per heavy atom. The molecule has 0 bridgehead atoms. The van der Waals surface area contributed by atoms with Crippen molar-refractivity contribution in [1.82, 2.24) is 20.4 Å². The third-order valence-corrected chi connectivity index (χ3v) is 5.62. The van der Waals surface area contributed by atoms with Gasteiger partial charge in [-0.15, -0.1) is 0 Å². The zero-order valence-corrected chi connectivity index (χ0v) is 18.4. The van der Waals surface area contributed by atoms with Gasteiger partial charge in [-0.25, -0.2) is 4.79 Å².